The predicted molar refractivity (Wildman–Crippen MR) is 91.1 cm³/mol. The summed E-state index contributed by atoms with van der Waals surface area (Å²) in [5, 5.41) is 5.20. The number of ether oxygens (including phenoxy) is 2. The van der Waals surface area contributed by atoms with E-state index in [1.165, 1.54) is 13.8 Å². The van der Waals surface area contributed by atoms with Crippen molar-refractivity contribution >= 4 is 23.8 Å². The first kappa shape index (κ1) is 22.9. The molecule has 0 aromatic rings. The molecule has 2 N–H and O–H groups in total. The second kappa shape index (κ2) is 10.0. The van der Waals surface area contributed by atoms with Crippen LogP contribution in [0.1, 0.15) is 73.6 Å². The molecule has 144 valence electrons. The van der Waals surface area contributed by atoms with Gasteiger partial charge in [-0.25, -0.2) is 0 Å². The van der Waals surface area contributed by atoms with Crippen molar-refractivity contribution in [2.24, 2.45) is 0 Å². The summed E-state index contributed by atoms with van der Waals surface area (Å²) in [5.41, 5.74) is -2.29. The molecule has 0 unspecified atom stereocenters. The van der Waals surface area contributed by atoms with Crippen LogP contribution in [0.5, 0.6) is 0 Å². The van der Waals surface area contributed by atoms with Crippen LogP contribution in [0, 0.1) is 0 Å². The van der Waals surface area contributed by atoms with Crippen LogP contribution in [-0.2, 0) is 28.7 Å². The molecule has 2 amide bonds. The van der Waals surface area contributed by atoms with E-state index in [9.17, 15) is 19.2 Å². The van der Waals surface area contributed by atoms with E-state index in [1.54, 1.807) is 27.7 Å². The van der Waals surface area contributed by atoms with Gasteiger partial charge in [-0.2, -0.15) is 0 Å². The number of carbonyl (C=O) groups excluding carboxylic acids is 4. The number of hydrogen-bond donors (Lipinski definition) is 2. The quantitative estimate of drug-likeness (QED) is 0.350. The maximum absolute atomic E-state index is 12.1. The number of nitrogens with one attached hydrogen (secondary N) is 2. The van der Waals surface area contributed by atoms with Gasteiger partial charge in [-0.15, -0.1) is 0 Å². The summed E-state index contributed by atoms with van der Waals surface area (Å²) in [6, 6.07) is 0. The Labute approximate surface area is 149 Å². The van der Waals surface area contributed by atoms with Crippen LogP contribution in [0.15, 0.2) is 0 Å². The molecule has 0 radical (unpaired) electrons. The fraction of sp³-hybridized carbons (Fsp3) is 0.765. The molecule has 0 aliphatic heterocycles. The molecule has 25 heavy (non-hydrogen) atoms. The van der Waals surface area contributed by atoms with E-state index in [0.717, 1.165) is 0 Å². The lowest BCUT2D eigenvalue weighted by Crippen LogP contribution is -2.51. The summed E-state index contributed by atoms with van der Waals surface area (Å²) in [6.45, 7) is 9.71. The second-order valence-electron chi connectivity index (χ2n) is 5.89. The fourth-order valence-electron chi connectivity index (χ4n) is 2.46. The summed E-state index contributed by atoms with van der Waals surface area (Å²) in [6.07, 6.45) is 0.850. The van der Waals surface area contributed by atoms with E-state index in [4.69, 9.17) is 9.47 Å². The van der Waals surface area contributed by atoms with E-state index in [1.807, 2.05) is 0 Å². The highest BCUT2D eigenvalue weighted by atomic mass is 16.6. The van der Waals surface area contributed by atoms with Crippen LogP contribution in [0.3, 0.4) is 0 Å². The van der Waals surface area contributed by atoms with Crippen LogP contribution in [0.2, 0.25) is 0 Å². The zero-order chi connectivity index (χ0) is 19.7. The van der Waals surface area contributed by atoms with Gasteiger partial charge in [-0.05, 0) is 0 Å². The largest absolute Gasteiger partial charge is 0.439 e. The molecule has 8 heteroatoms. The maximum Gasteiger partial charge on any atom is 0.319 e. The average Bonchev–Trinajstić information content (AvgIpc) is 2.52. The standard InChI is InChI=1S/C17H30N2O6/c1-7-16(8-2,18-12(5)20)24-14(22)11-15(23)25-17(9-3,10-4)19-13(6)21/h7-11H2,1-6H3,(H,18,20)(H,19,21). The van der Waals surface area contributed by atoms with E-state index < -0.39 is 29.8 Å². The van der Waals surface area contributed by atoms with Gasteiger partial charge < -0.3 is 20.1 Å². The van der Waals surface area contributed by atoms with Crippen molar-refractivity contribution in [2.75, 3.05) is 0 Å². The number of rotatable bonds is 10. The molecule has 0 aliphatic carbocycles. The SMILES string of the molecule is CCC(CC)(NC(C)=O)OC(=O)CC(=O)OC(CC)(CC)NC(C)=O. The Morgan fingerprint density at radius 2 is 0.960 bits per heavy atom. The zero-order valence-electron chi connectivity index (χ0n) is 16.0. The van der Waals surface area contributed by atoms with Gasteiger partial charge in [0.15, 0.2) is 11.4 Å². The van der Waals surface area contributed by atoms with Gasteiger partial charge in [0.05, 0.1) is 0 Å². The minimum absolute atomic E-state index is 0.333. The Morgan fingerprint density at radius 3 is 1.16 bits per heavy atom. The Bertz CT molecular complexity index is 451. The van der Waals surface area contributed by atoms with Crippen molar-refractivity contribution in [1.29, 1.82) is 0 Å². The first-order valence-electron chi connectivity index (χ1n) is 8.58. The van der Waals surface area contributed by atoms with Crippen molar-refractivity contribution in [3.8, 4) is 0 Å². The van der Waals surface area contributed by atoms with E-state index in [0.29, 0.717) is 25.7 Å². The highest BCUT2D eigenvalue weighted by Crippen LogP contribution is 2.20. The van der Waals surface area contributed by atoms with Gasteiger partial charge in [0.1, 0.15) is 6.42 Å². The van der Waals surface area contributed by atoms with Crippen molar-refractivity contribution < 1.29 is 28.7 Å². The topological polar surface area (TPSA) is 111 Å². The monoisotopic (exact) mass is 358 g/mol. The Morgan fingerprint density at radius 1 is 0.680 bits per heavy atom. The molecule has 0 aliphatic rings. The molecule has 0 atom stereocenters. The van der Waals surface area contributed by atoms with Crippen LogP contribution >= 0.6 is 0 Å². The Balaban J connectivity index is 4.95. The lowest BCUT2D eigenvalue weighted by Gasteiger charge is -2.33. The Hall–Kier alpha value is -2.12. The van der Waals surface area contributed by atoms with Crippen molar-refractivity contribution in [2.45, 2.75) is 85.1 Å². The summed E-state index contributed by atoms with van der Waals surface area (Å²) >= 11 is 0. The van der Waals surface area contributed by atoms with E-state index in [-0.39, 0.29) is 11.8 Å². The summed E-state index contributed by atoms with van der Waals surface area (Å²) < 4.78 is 10.6. The molecule has 0 aromatic heterocycles. The average molecular weight is 358 g/mol. The molecule has 0 saturated heterocycles. The van der Waals surface area contributed by atoms with Crippen LogP contribution in [0.4, 0.5) is 0 Å². The molecule has 0 rings (SSSR count). The zero-order valence-corrected chi connectivity index (χ0v) is 16.0. The molecule has 0 fully saturated rings. The highest BCUT2D eigenvalue weighted by Gasteiger charge is 2.35. The molecular weight excluding hydrogens is 328 g/mol. The van der Waals surface area contributed by atoms with Crippen molar-refractivity contribution in [1.82, 2.24) is 10.6 Å². The first-order chi connectivity index (χ1) is 11.6. The lowest BCUT2D eigenvalue weighted by atomic mass is 10.1. The Kier molecular flexibility index (Phi) is 9.16. The third-order valence-corrected chi connectivity index (χ3v) is 4.00. The van der Waals surface area contributed by atoms with Crippen molar-refractivity contribution in [3.05, 3.63) is 0 Å². The number of hydrogen-bond acceptors (Lipinski definition) is 6. The van der Waals surface area contributed by atoms with Gasteiger partial charge in [0.2, 0.25) is 11.8 Å². The summed E-state index contributed by atoms with van der Waals surface area (Å²) in [4.78, 5) is 46.8. The number of esters is 2. The highest BCUT2D eigenvalue weighted by molar-refractivity contribution is 5.91. The van der Waals surface area contributed by atoms with Gasteiger partial charge in [-0.3, -0.25) is 19.2 Å². The fourth-order valence-corrected chi connectivity index (χ4v) is 2.46. The minimum atomic E-state index is -1.15. The van der Waals surface area contributed by atoms with Gasteiger partial charge in [-0.1, -0.05) is 27.7 Å². The van der Waals surface area contributed by atoms with Gasteiger partial charge in [0, 0.05) is 39.5 Å². The third kappa shape index (κ3) is 7.53. The summed E-state index contributed by atoms with van der Waals surface area (Å²) in [5.74, 6) is -2.26. The van der Waals surface area contributed by atoms with Crippen LogP contribution in [-0.4, -0.2) is 35.2 Å². The first-order valence-corrected chi connectivity index (χ1v) is 8.58. The predicted octanol–water partition coefficient (Wildman–Crippen LogP) is 1.77. The van der Waals surface area contributed by atoms with Crippen LogP contribution < -0.4 is 10.6 Å². The van der Waals surface area contributed by atoms with Crippen LogP contribution in [0.25, 0.3) is 0 Å². The molecule has 0 saturated carbocycles. The molecule has 0 heterocycles. The molecular formula is C17H30N2O6. The second-order valence-corrected chi connectivity index (χ2v) is 5.89. The minimum Gasteiger partial charge on any atom is -0.439 e. The molecule has 8 nitrogen and oxygen atoms in total. The third-order valence-electron chi connectivity index (χ3n) is 4.00. The number of amides is 2. The van der Waals surface area contributed by atoms with Crippen molar-refractivity contribution in [3.63, 3.8) is 0 Å². The van der Waals surface area contributed by atoms with E-state index in [2.05, 4.69) is 10.6 Å². The van der Waals surface area contributed by atoms with Gasteiger partial charge in [0.25, 0.3) is 0 Å². The number of carbonyl (C=O) groups is 4. The maximum atomic E-state index is 12.1. The lowest BCUT2D eigenvalue weighted by molar-refractivity contribution is -0.177. The van der Waals surface area contributed by atoms with E-state index >= 15 is 0 Å². The normalized spacial score (nSPS) is 11.4. The molecule has 0 spiro atoms. The van der Waals surface area contributed by atoms with Gasteiger partial charge >= 0.3 is 11.9 Å². The summed E-state index contributed by atoms with van der Waals surface area (Å²) in [7, 11) is 0. The smallest absolute Gasteiger partial charge is 0.319 e. The molecule has 0 bridgehead atoms. The molecule has 0 aromatic carbocycles.